The number of anilines is 1. The molecule has 6 heteroatoms. The Morgan fingerprint density at radius 2 is 2.21 bits per heavy atom. The molecule has 0 fully saturated rings. The van der Waals surface area contributed by atoms with Gasteiger partial charge in [-0.1, -0.05) is 11.6 Å². The van der Waals surface area contributed by atoms with E-state index in [4.69, 9.17) is 11.6 Å². The number of halogens is 1. The summed E-state index contributed by atoms with van der Waals surface area (Å²) in [6, 6.07) is 0. The highest BCUT2D eigenvalue weighted by atomic mass is 35.5. The summed E-state index contributed by atoms with van der Waals surface area (Å²) in [6.07, 6.45) is 1.33. The van der Waals surface area contributed by atoms with E-state index in [9.17, 15) is 9.59 Å². The minimum absolute atomic E-state index is 0.150. The topological polar surface area (TPSA) is 55.2 Å². The van der Waals surface area contributed by atoms with Crippen molar-refractivity contribution in [1.82, 2.24) is 9.78 Å². The van der Waals surface area contributed by atoms with E-state index in [2.05, 4.69) is 5.10 Å². The molecule has 0 N–H and O–H groups in total. The van der Waals surface area contributed by atoms with Crippen molar-refractivity contribution in [2.24, 2.45) is 7.05 Å². The summed E-state index contributed by atoms with van der Waals surface area (Å²) in [5.74, 6) is -0.254. The molecule has 5 nitrogen and oxygen atoms in total. The number of rotatable bonds is 1. The van der Waals surface area contributed by atoms with Crippen LogP contribution in [-0.2, 0) is 11.8 Å². The molecule has 0 aliphatic heterocycles. The van der Waals surface area contributed by atoms with Crippen LogP contribution in [0, 0.1) is 0 Å². The third kappa shape index (κ3) is 1.77. The molecule has 0 unspecified atom stereocenters. The molecule has 0 spiro atoms. The zero-order valence-corrected chi connectivity index (χ0v) is 8.87. The monoisotopic (exact) mass is 215 g/mol. The van der Waals surface area contributed by atoms with Crippen molar-refractivity contribution in [1.29, 1.82) is 0 Å². The molecule has 0 saturated carbocycles. The van der Waals surface area contributed by atoms with E-state index in [0.717, 1.165) is 4.68 Å². The van der Waals surface area contributed by atoms with Crippen molar-refractivity contribution in [2.75, 3.05) is 11.9 Å². The lowest BCUT2D eigenvalue weighted by Gasteiger charge is -2.15. The van der Waals surface area contributed by atoms with Crippen LogP contribution in [0.25, 0.3) is 0 Å². The Balaban J connectivity index is 3.40. The minimum atomic E-state index is -0.393. The summed E-state index contributed by atoms with van der Waals surface area (Å²) < 4.78 is 1.13. The quantitative estimate of drug-likeness (QED) is 0.682. The van der Waals surface area contributed by atoms with E-state index < -0.39 is 5.56 Å². The van der Waals surface area contributed by atoms with E-state index in [0.29, 0.717) is 0 Å². The molecule has 14 heavy (non-hydrogen) atoms. The SMILES string of the molecule is CC(=O)N(C)c1c(Cl)cnn(C)c1=O. The van der Waals surface area contributed by atoms with Crippen molar-refractivity contribution >= 4 is 23.2 Å². The number of nitrogens with zero attached hydrogens (tertiary/aromatic N) is 3. The Labute approximate surface area is 85.9 Å². The van der Waals surface area contributed by atoms with Gasteiger partial charge < -0.3 is 4.90 Å². The number of aryl methyl sites for hydroxylation is 1. The Kier molecular flexibility index (Phi) is 2.90. The van der Waals surface area contributed by atoms with Crippen molar-refractivity contribution in [3.8, 4) is 0 Å². The molecule has 0 bridgehead atoms. The van der Waals surface area contributed by atoms with Gasteiger partial charge in [0.25, 0.3) is 5.56 Å². The van der Waals surface area contributed by atoms with Crippen LogP contribution in [0.3, 0.4) is 0 Å². The van der Waals surface area contributed by atoms with Gasteiger partial charge in [-0.05, 0) is 0 Å². The fraction of sp³-hybridized carbons (Fsp3) is 0.375. The molecule has 0 atom stereocenters. The molecule has 76 valence electrons. The molecule has 0 aliphatic carbocycles. The van der Waals surface area contributed by atoms with Crippen molar-refractivity contribution in [3.63, 3.8) is 0 Å². The zero-order chi connectivity index (χ0) is 10.9. The van der Waals surface area contributed by atoms with Gasteiger partial charge in [-0.3, -0.25) is 9.59 Å². The fourth-order valence-electron chi connectivity index (χ4n) is 0.967. The summed E-state index contributed by atoms with van der Waals surface area (Å²) in [6.45, 7) is 1.36. The Hall–Kier alpha value is -1.36. The summed E-state index contributed by atoms with van der Waals surface area (Å²) in [4.78, 5) is 23.8. The number of hydrogen-bond acceptors (Lipinski definition) is 3. The van der Waals surface area contributed by atoms with Crippen LogP contribution in [0.1, 0.15) is 6.92 Å². The maximum absolute atomic E-state index is 11.6. The highest BCUT2D eigenvalue weighted by molar-refractivity contribution is 6.33. The summed E-state index contributed by atoms with van der Waals surface area (Å²) in [5.41, 5.74) is -0.244. The maximum Gasteiger partial charge on any atom is 0.291 e. The molecule has 1 aromatic rings. The number of amides is 1. The summed E-state index contributed by atoms with van der Waals surface area (Å²) >= 11 is 5.77. The Morgan fingerprint density at radius 3 is 2.71 bits per heavy atom. The van der Waals surface area contributed by atoms with Gasteiger partial charge in [0.15, 0.2) is 0 Å². The third-order valence-corrected chi connectivity index (χ3v) is 2.15. The number of aromatic nitrogens is 2. The van der Waals surface area contributed by atoms with Crippen LogP contribution in [0.15, 0.2) is 11.0 Å². The third-order valence-electron chi connectivity index (χ3n) is 1.87. The number of carbonyl (C=O) groups is 1. The molecule has 1 amide bonds. The largest absolute Gasteiger partial charge is 0.310 e. The molecule has 1 aromatic heterocycles. The molecule has 0 radical (unpaired) electrons. The van der Waals surface area contributed by atoms with E-state index in [1.807, 2.05) is 0 Å². The molecule has 0 aromatic carbocycles. The number of hydrogen-bond donors (Lipinski definition) is 0. The average Bonchev–Trinajstić information content (AvgIpc) is 2.12. The maximum atomic E-state index is 11.6. The molecule has 1 heterocycles. The van der Waals surface area contributed by atoms with Gasteiger partial charge in [0.1, 0.15) is 5.69 Å². The van der Waals surface area contributed by atoms with Crippen molar-refractivity contribution in [2.45, 2.75) is 6.92 Å². The van der Waals surface area contributed by atoms with Crippen LogP contribution >= 0.6 is 11.6 Å². The van der Waals surface area contributed by atoms with Gasteiger partial charge in [0.2, 0.25) is 5.91 Å². The highest BCUT2D eigenvalue weighted by Crippen LogP contribution is 2.18. The lowest BCUT2D eigenvalue weighted by molar-refractivity contribution is -0.116. The van der Waals surface area contributed by atoms with E-state index in [-0.39, 0.29) is 16.6 Å². The van der Waals surface area contributed by atoms with Crippen LogP contribution < -0.4 is 10.5 Å². The Morgan fingerprint density at radius 1 is 1.64 bits per heavy atom. The van der Waals surface area contributed by atoms with Crippen LogP contribution in [0.4, 0.5) is 5.69 Å². The predicted octanol–water partition coefficient (Wildman–Crippen LogP) is 0.416. The van der Waals surface area contributed by atoms with Crippen molar-refractivity contribution in [3.05, 3.63) is 21.6 Å². The lowest BCUT2D eigenvalue weighted by atomic mass is 10.4. The predicted molar refractivity (Wildman–Crippen MR) is 53.6 cm³/mol. The van der Waals surface area contributed by atoms with Crippen LogP contribution in [0.5, 0.6) is 0 Å². The minimum Gasteiger partial charge on any atom is -0.310 e. The van der Waals surface area contributed by atoms with Gasteiger partial charge in [0, 0.05) is 21.0 Å². The smallest absolute Gasteiger partial charge is 0.291 e. The fourth-order valence-corrected chi connectivity index (χ4v) is 1.22. The van der Waals surface area contributed by atoms with Crippen molar-refractivity contribution < 1.29 is 4.79 Å². The normalized spacial score (nSPS) is 10.0. The first kappa shape index (κ1) is 10.7. The van der Waals surface area contributed by atoms with Crippen LogP contribution in [-0.4, -0.2) is 22.7 Å². The standard InChI is InChI=1S/C8H10ClN3O2/c1-5(13)11(2)7-6(9)4-10-12(3)8(7)14/h4H,1-3H3. The summed E-state index contributed by atoms with van der Waals surface area (Å²) in [5, 5.41) is 3.89. The molecule has 1 rings (SSSR count). The highest BCUT2D eigenvalue weighted by Gasteiger charge is 2.15. The van der Waals surface area contributed by atoms with E-state index in [1.165, 1.54) is 32.1 Å². The molecule has 0 saturated heterocycles. The first-order valence-corrected chi connectivity index (χ1v) is 4.29. The second-order valence-electron chi connectivity index (χ2n) is 2.85. The van der Waals surface area contributed by atoms with Gasteiger partial charge in [-0.25, -0.2) is 4.68 Å². The molecule has 0 aliphatic rings. The summed E-state index contributed by atoms with van der Waals surface area (Å²) in [7, 11) is 2.99. The Bertz CT molecular complexity index is 427. The second-order valence-corrected chi connectivity index (χ2v) is 3.26. The lowest BCUT2D eigenvalue weighted by Crippen LogP contribution is -2.32. The van der Waals surface area contributed by atoms with Gasteiger partial charge >= 0.3 is 0 Å². The van der Waals surface area contributed by atoms with Gasteiger partial charge in [-0.15, -0.1) is 0 Å². The van der Waals surface area contributed by atoms with Crippen LogP contribution in [0.2, 0.25) is 5.02 Å². The van der Waals surface area contributed by atoms with Gasteiger partial charge in [-0.2, -0.15) is 5.10 Å². The average molecular weight is 216 g/mol. The first-order chi connectivity index (χ1) is 6.45. The second kappa shape index (κ2) is 3.79. The zero-order valence-electron chi connectivity index (χ0n) is 8.11. The molecular formula is C8H10ClN3O2. The molecular weight excluding hydrogens is 206 g/mol. The van der Waals surface area contributed by atoms with E-state index in [1.54, 1.807) is 0 Å². The van der Waals surface area contributed by atoms with E-state index >= 15 is 0 Å². The number of carbonyl (C=O) groups excluding carboxylic acids is 1. The van der Waals surface area contributed by atoms with Gasteiger partial charge in [0.05, 0.1) is 11.2 Å². The first-order valence-electron chi connectivity index (χ1n) is 3.91.